The van der Waals surface area contributed by atoms with Crippen LogP contribution in [0, 0.1) is 0 Å². The lowest BCUT2D eigenvalue weighted by atomic mass is 10.2. The number of sulfonamides is 1. The summed E-state index contributed by atoms with van der Waals surface area (Å²) in [6, 6.07) is 8.29. The molecule has 0 aliphatic rings. The van der Waals surface area contributed by atoms with Gasteiger partial charge in [-0.05, 0) is 40.1 Å². The van der Waals surface area contributed by atoms with Gasteiger partial charge in [0.05, 0.1) is 4.90 Å². The first-order valence-electron chi connectivity index (χ1n) is 8.09. The monoisotopic (exact) mass is 381 g/mol. The van der Waals surface area contributed by atoms with Gasteiger partial charge >= 0.3 is 6.03 Å². The topological polar surface area (TPSA) is 78.5 Å². The van der Waals surface area contributed by atoms with Crippen molar-refractivity contribution in [1.29, 1.82) is 0 Å². The molecule has 0 saturated heterocycles. The molecular weight excluding hydrogens is 358 g/mol. The van der Waals surface area contributed by atoms with Crippen molar-refractivity contribution in [3.8, 4) is 0 Å². The van der Waals surface area contributed by atoms with Gasteiger partial charge in [0, 0.05) is 26.2 Å². The van der Waals surface area contributed by atoms with E-state index in [1.54, 1.807) is 35.6 Å². The summed E-state index contributed by atoms with van der Waals surface area (Å²) in [4.78, 5) is 12.0. The number of carbonyl (C=O) groups excluding carboxylic acids is 1. The van der Waals surface area contributed by atoms with Gasteiger partial charge in [0.15, 0.2) is 0 Å². The molecule has 1 aromatic heterocycles. The number of hydrogen-bond acceptors (Lipinski definition) is 4. The van der Waals surface area contributed by atoms with Crippen LogP contribution in [-0.4, -0.2) is 31.8 Å². The van der Waals surface area contributed by atoms with Crippen molar-refractivity contribution in [1.82, 2.24) is 14.9 Å². The van der Waals surface area contributed by atoms with E-state index in [-0.39, 0.29) is 10.9 Å². The third-order valence-corrected chi connectivity index (χ3v) is 6.55. The highest BCUT2D eigenvalue weighted by Gasteiger charge is 2.21. The molecule has 0 aliphatic carbocycles. The van der Waals surface area contributed by atoms with Gasteiger partial charge in [0.25, 0.3) is 0 Å². The molecule has 136 valence electrons. The van der Waals surface area contributed by atoms with Crippen molar-refractivity contribution < 1.29 is 13.2 Å². The zero-order valence-corrected chi connectivity index (χ0v) is 16.0. The van der Waals surface area contributed by atoms with Gasteiger partial charge in [0.2, 0.25) is 10.0 Å². The smallest absolute Gasteiger partial charge is 0.315 e. The highest BCUT2D eigenvalue weighted by Crippen LogP contribution is 2.16. The fourth-order valence-electron chi connectivity index (χ4n) is 2.31. The molecule has 8 heteroatoms. The molecule has 0 saturated carbocycles. The Labute approximate surface area is 152 Å². The van der Waals surface area contributed by atoms with Gasteiger partial charge < -0.3 is 10.6 Å². The molecule has 2 aromatic rings. The van der Waals surface area contributed by atoms with Crippen molar-refractivity contribution in [2.45, 2.75) is 31.8 Å². The minimum absolute atomic E-state index is 0.258. The van der Waals surface area contributed by atoms with Crippen LogP contribution in [0.2, 0.25) is 0 Å². The number of nitrogens with zero attached hydrogens (tertiary/aromatic N) is 1. The van der Waals surface area contributed by atoms with Crippen LogP contribution >= 0.6 is 11.3 Å². The van der Waals surface area contributed by atoms with E-state index in [0.717, 1.165) is 11.1 Å². The van der Waals surface area contributed by atoms with Crippen molar-refractivity contribution in [3.63, 3.8) is 0 Å². The van der Waals surface area contributed by atoms with Crippen molar-refractivity contribution in [2.75, 3.05) is 13.1 Å². The Bertz CT molecular complexity index is 768. The molecule has 2 amide bonds. The average molecular weight is 382 g/mol. The number of hydrogen-bond donors (Lipinski definition) is 2. The Morgan fingerprint density at radius 1 is 1.00 bits per heavy atom. The van der Waals surface area contributed by atoms with Crippen LogP contribution in [0.3, 0.4) is 0 Å². The lowest BCUT2D eigenvalue weighted by Crippen LogP contribution is -2.34. The summed E-state index contributed by atoms with van der Waals surface area (Å²) in [5.74, 6) is 0. The number of thiophene rings is 1. The summed E-state index contributed by atoms with van der Waals surface area (Å²) in [6.45, 7) is 5.32. The Morgan fingerprint density at radius 2 is 1.60 bits per heavy atom. The molecule has 0 fully saturated rings. The molecule has 1 aromatic carbocycles. The molecule has 0 unspecified atom stereocenters. The summed E-state index contributed by atoms with van der Waals surface area (Å²) < 4.78 is 26.2. The number of benzene rings is 1. The quantitative estimate of drug-likeness (QED) is 0.738. The molecule has 2 N–H and O–H groups in total. The first-order chi connectivity index (χ1) is 12.0. The molecule has 2 rings (SSSR count). The summed E-state index contributed by atoms with van der Waals surface area (Å²) in [5, 5.41) is 9.48. The zero-order valence-electron chi connectivity index (χ0n) is 14.4. The van der Waals surface area contributed by atoms with E-state index in [1.807, 2.05) is 30.7 Å². The van der Waals surface area contributed by atoms with E-state index in [9.17, 15) is 13.2 Å². The maximum atomic E-state index is 12.4. The largest absolute Gasteiger partial charge is 0.334 e. The number of nitrogens with one attached hydrogen (secondary N) is 2. The molecule has 25 heavy (non-hydrogen) atoms. The van der Waals surface area contributed by atoms with Crippen LogP contribution in [0.5, 0.6) is 0 Å². The van der Waals surface area contributed by atoms with E-state index in [0.29, 0.717) is 26.2 Å². The number of rotatable bonds is 8. The second kappa shape index (κ2) is 8.98. The molecule has 0 bridgehead atoms. The Balaban J connectivity index is 1.88. The first-order valence-corrected chi connectivity index (χ1v) is 10.5. The maximum absolute atomic E-state index is 12.4. The third kappa shape index (κ3) is 5.29. The number of amides is 2. The average Bonchev–Trinajstić information content (AvgIpc) is 3.13. The Morgan fingerprint density at radius 3 is 2.12 bits per heavy atom. The molecule has 0 radical (unpaired) electrons. The van der Waals surface area contributed by atoms with Crippen LogP contribution in [0.4, 0.5) is 4.79 Å². The summed E-state index contributed by atoms with van der Waals surface area (Å²) in [5.41, 5.74) is 1.90. The van der Waals surface area contributed by atoms with Crippen molar-refractivity contribution in [3.05, 3.63) is 52.2 Å². The molecular formula is C17H23N3O3S2. The van der Waals surface area contributed by atoms with Gasteiger partial charge in [0.1, 0.15) is 0 Å². The SMILES string of the molecule is CCN(CC)S(=O)(=O)c1ccc(CNC(=O)NCc2ccsc2)cc1. The van der Waals surface area contributed by atoms with E-state index in [1.165, 1.54) is 4.31 Å². The Kier molecular flexibility index (Phi) is 6.98. The van der Waals surface area contributed by atoms with Gasteiger partial charge in [-0.15, -0.1) is 0 Å². The van der Waals surface area contributed by atoms with Gasteiger partial charge in [-0.25, -0.2) is 13.2 Å². The third-order valence-electron chi connectivity index (χ3n) is 3.75. The highest BCUT2D eigenvalue weighted by atomic mass is 32.2. The highest BCUT2D eigenvalue weighted by molar-refractivity contribution is 7.89. The van der Waals surface area contributed by atoms with Crippen LogP contribution in [0.15, 0.2) is 46.0 Å². The Hall–Kier alpha value is -1.90. The predicted octanol–water partition coefficient (Wildman–Crippen LogP) is 2.78. The molecule has 0 spiro atoms. The fraction of sp³-hybridized carbons (Fsp3) is 0.353. The predicted molar refractivity (Wildman–Crippen MR) is 99.9 cm³/mol. The standard InChI is InChI=1S/C17H23N3O3S2/c1-3-20(4-2)25(22,23)16-7-5-14(6-8-16)11-18-17(21)19-12-15-9-10-24-13-15/h5-10,13H,3-4,11-12H2,1-2H3,(H2,18,19,21). The fourth-order valence-corrected chi connectivity index (χ4v) is 4.44. The summed E-state index contributed by atoms with van der Waals surface area (Å²) in [7, 11) is -3.45. The van der Waals surface area contributed by atoms with Gasteiger partial charge in [-0.3, -0.25) is 0 Å². The van der Waals surface area contributed by atoms with Crippen LogP contribution in [0.1, 0.15) is 25.0 Å². The maximum Gasteiger partial charge on any atom is 0.315 e. The minimum atomic E-state index is -3.45. The lowest BCUT2D eigenvalue weighted by molar-refractivity contribution is 0.240. The molecule has 0 aliphatic heterocycles. The van der Waals surface area contributed by atoms with Crippen LogP contribution < -0.4 is 10.6 Å². The minimum Gasteiger partial charge on any atom is -0.334 e. The number of urea groups is 1. The normalized spacial score (nSPS) is 11.5. The second-order valence-corrected chi connectivity index (χ2v) is 8.12. The molecule has 0 atom stereocenters. The van der Waals surface area contributed by atoms with E-state index in [4.69, 9.17) is 0 Å². The van der Waals surface area contributed by atoms with Gasteiger partial charge in [-0.2, -0.15) is 15.6 Å². The first kappa shape index (κ1) is 19.4. The lowest BCUT2D eigenvalue weighted by Gasteiger charge is -2.18. The van der Waals surface area contributed by atoms with Crippen LogP contribution in [0.25, 0.3) is 0 Å². The van der Waals surface area contributed by atoms with E-state index < -0.39 is 10.0 Å². The number of carbonyl (C=O) groups is 1. The molecule has 1 heterocycles. The second-order valence-electron chi connectivity index (χ2n) is 5.40. The van der Waals surface area contributed by atoms with Crippen molar-refractivity contribution >= 4 is 27.4 Å². The van der Waals surface area contributed by atoms with E-state index >= 15 is 0 Å². The van der Waals surface area contributed by atoms with E-state index in [2.05, 4.69) is 10.6 Å². The summed E-state index contributed by atoms with van der Waals surface area (Å²) in [6.07, 6.45) is 0. The zero-order chi connectivity index (χ0) is 18.3. The molecule has 6 nitrogen and oxygen atoms in total. The van der Waals surface area contributed by atoms with Gasteiger partial charge in [-0.1, -0.05) is 26.0 Å². The van der Waals surface area contributed by atoms with Crippen LogP contribution in [-0.2, 0) is 23.1 Å². The summed E-state index contributed by atoms with van der Waals surface area (Å²) >= 11 is 1.59. The van der Waals surface area contributed by atoms with Crippen molar-refractivity contribution in [2.24, 2.45) is 0 Å².